The summed E-state index contributed by atoms with van der Waals surface area (Å²) in [6.07, 6.45) is 7.34. The van der Waals surface area contributed by atoms with Gasteiger partial charge in [0.25, 0.3) is 0 Å². The largest absolute Gasteiger partial charge is 0.443 e. The number of hydrogen-bond acceptors (Lipinski definition) is 3. The first-order valence-electron chi connectivity index (χ1n) is 5.20. The number of thioether (sulfide) groups is 1. The van der Waals surface area contributed by atoms with E-state index in [1.807, 2.05) is 33.0 Å². The normalized spacial score (nSPS) is 19.1. The minimum atomic E-state index is -0.456. The highest BCUT2D eigenvalue weighted by Gasteiger charge is 2.23. The van der Waals surface area contributed by atoms with Gasteiger partial charge in [-0.25, -0.2) is 4.79 Å². The molecule has 2 rings (SSSR count). The Labute approximate surface area is 99.8 Å². The van der Waals surface area contributed by atoms with E-state index >= 15 is 0 Å². The van der Waals surface area contributed by atoms with Gasteiger partial charge in [-0.05, 0) is 32.4 Å². The summed E-state index contributed by atoms with van der Waals surface area (Å²) < 4.78 is 5.29. The summed E-state index contributed by atoms with van der Waals surface area (Å²) >= 11 is 1.73. The second-order valence-corrected chi connectivity index (χ2v) is 5.73. The van der Waals surface area contributed by atoms with Crippen LogP contribution in [-0.2, 0) is 4.74 Å². The lowest BCUT2D eigenvalue weighted by atomic mass is 10.2. The average molecular weight is 237 g/mol. The number of carbonyl (C=O) groups excluding carboxylic acids is 1. The van der Waals surface area contributed by atoms with E-state index in [1.165, 1.54) is 10.5 Å². The van der Waals surface area contributed by atoms with Gasteiger partial charge in [0, 0.05) is 23.1 Å². The molecule has 0 saturated carbocycles. The predicted octanol–water partition coefficient (Wildman–Crippen LogP) is 3.27. The van der Waals surface area contributed by atoms with Gasteiger partial charge < -0.3 is 4.74 Å². The molecular formula is C12H15NO2S. The molecule has 0 saturated heterocycles. The molecule has 0 radical (unpaired) electrons. The van der Waals surface area contributed by atoms with E-state index in [-0.39, 0.29) is 6.09 Å². The molecule has 0 atom stereocenters. The third kappa shape index (κ3) is 2.50. The van der Waals surface area contributed by atoms with Crippen molar-refractivity contribution in [2.45, 2.75) is 26.4 Å². The van der Waals surface area contributed by atoms with Crippen LogP contribution in [0.15, 0.2) is 35.0 Å². The van der Waals surface area contributed by atoms with Crippen molar-refractivity contribution in [3.63, 3.8) is 0 Å². The van der Waals surface area contributed by atoms with E-state index in [2.05, 4.69) is 6.08 Å². The Morgan fingerprint density at radius 1 is 1.50 bits per heavy atom. The molecule has 2 aliphatic heterocycles. The molecule has 0 bridgehead atoms. The molecule has 1 amide bonds. The van der Waals surface area contributed by atoms with Gasteiger partial charge >= 0.3 is 6.09 Å². The van der Waals surface area contributed by atoms with Gasteiger partial charge in [-0.15, -0.1) is 11.8 Å². The van der Waals surface area contributed by atoms with Crippen molar-refractivity contribution in [2.75, 3.05) is 5.75 Å². The number of carbonyl (C=O) groups is 1. The van der Waals surface area contributed by atoms with Gasteiger partial charge in [0.1, 0.15) is 5.60 Å². The SMILES string of the molecule is CC(C)(C)OC(=O)N1C=CC2=CCSC2=C1. The van der Waals surface area contributed by atoms with E-state index in [4.69, 9.17) is 4.74 Å². The second-order valence-electron chi connectivity index (χ2n) is 4.67. The zero-order chi connectivity index (χ0) is 11.8. The summed E-state index contributed by atoms with van der Waals surface area (Å²) in [5.74, 6) is 0.980. The fourth-order valence-electron chi connectivity index (χ4n) is 1.43. The van der Waals surface area contributed by atoms with Crippen LogP contribution in [0.2, 0.25) is 0 Å². The maximum atomic E-state index is 11.8. The molecule has 0 unspecified atom stereocenters. The number of hydrogen-bond donors (Lipinski definition) is 0. The Kier molecular flexibility index (Phi) is 2.84. The van der Waals surface area contributed by atoms with Gasteiger partial charge in [0.15, 0.2) is 0 Å². The van der Waals surface area contributed by atoms with Crippen LogP contribution in [0, 0.1) is 0 Å². The smallest absolute Gasteiger partial charge is 0.418 e. The quantitative estimate of drug-likeness (QED) is 0.647. The molecule has 4 heteroatoms. The second kappa shape index (κ2) is 4.01. The lowest BCUT2D eigenvalue weighted by Gasteiger charge is -2.25. The van der Waals surface area contributed by atoms with Crippen molar-refractivity contribution in [1.82, 2.24) is 4.90 Å². The van der Waals surface area contributed by atoms with E-state index in [1.54, 1.807) is 18.0 Å². The Morgan fingerprint density at radius 3 is 2.94 bits per heavy atom. The van der Waals surface area contributed by atoms with Gasteiger partial charge in [-0.2, -0.15) is 0 Å². The van der Waals surface area contributed by atoms with Crippen molar-refractivity contribution in [1.29, 1.82) is 0 Å². The van der Waals surface area contributed by atoms with Gasteiger partial charge in [-0.3, -0.25) is 4.90 Å². The number of amides is 1. The summed E-state index contributed by atoms with van der Waals surface area (Å²) in [6, 6.07) is 0. The van der Waals surface area contributed by atoms with Crippen molar-refractivity contribution >= 4 is 17.9 Å². The summed E-state index contributed by atoms with van der Waals surface area (Å²) in [7, 11) is 0. The summed E-state index contributed by atoms with van der Waals surface area (Å²) in [4.78, 5) is 14.4. The molecule has 0 aromatic heterocycles. The zero-order valence-electron chi connectivity index (χ0n) is 9.69. The van der Waals surface area contributed by atoms with Crippen LogP contribution in [0.4, 0.5) is 4.79 Å². The Morgan fingerprint density at radius 2 is 2.25 bits per heavy atom. The predicted molar refractivity (Wildman–Crippen MR) is 65.8 cm³/mol. The highest BCUT2D eigenvalue weighted by atomic mass is 32.2. The molecule has 0 aliphatic carbocycles. The van der Waals surface area contributed by atoms with Gasteiger partial charge in [0.05, 0.1) is 0 Å². The lowest BCUT2D eigenvalue weighted by Crippen LogP contribution is -2.31. The molecule has 2 aliphatic rings. The van der Waals surface area contributed by atoms with Crippen LogP contribution in [0.3, 0.4) is 0 Å². The van der Waals surface area contributed by atoms with Crippen molar-refractivity contribution in [3.8, 4) is 0 Å². The van der Waals surface area contributed by atoms with Crippen LogP contribution < -0.4 is 0 Å². The minimum absolute atomic E-state index is 0.331. The summed E-state index contributed by atoms with van der Waals surface area (Å²) in [5, 5.41) is 0. The first-order valence-corrected chi connectivity index (χ1v) is 6.19. The Hall–Kier alpha value is -1.16. The highest BCUT2D eigenvalue weighted by Crippen LogP contribution is 2.34. The van der Waals surface area contributed by atoms with Crippen LogP contribution >= 0.6 is 11.8 Å². The standard InChI is InChI=1S/C12H15NO2S/c1-12(2,3)15-11(14)13-6-4-9-5-7-16-10(9)8-13/h4-6,8H,7H2,1-3H3. The summed E-state index contributed by atoms with van der Waals surface area (Å²) in [6.45, 7) is 5.59. The monoisotopic (exact) mass is 237 g/mol. The van der Waals surface area contributed by atoms with E-state index in [9.17, 15) is 4.79 Å². The van der Waals surface area contributed by atoms with Gasteiger partial charge in [-0.1, -0.05) is 6.08 Å². The first-order chi connectivity index (χ1) is 7.46. The Balaban J connectivity index is 2.08. The maximum absolute atomic E-state index is 11.8. The number of rotatable bonds is 0. The van der Waals surface area contributed by atoms with Crippen molar-refractivity contribution < 1.29 is 9.53 Å². The molecule has 0 fully saturated rings. The molecular weight excluding hydrogens is 222 g/mol. The lowest BCUT2D eigenvalue weighted by molar-refractivity contribution is 0.0398. The maximum Gasteiger partial charge on any atom is 0.418 e. The third-order valence-corrected chi connectivity index (χ3v) is 3.09. The van der Waals surface area contributed by atoms with Crippen LogP contribution in [0.1, 0.15) is 20.8 Å². The third-order valence-electron chi connectivity index (χ3n) is 2.10. The molecule has 0 aromatic rings. The van der Waals surface area contributed by atoms with Crippen LogP contribution in [-0.4, -0.2) is 22.3 Å². The minimum Gasteiger partial charge on any atom is -0.443 e. The first kappa shape index (κ1) is 11.3. The van der Waals surface area contributed by atoms with Gasteiger partial charge in [0.2, 0.25) is 0 Å². The van der Waals surface area contributed by atoms with Crippen molar-refractivity contribution in [2.24, 2.45) is 0 Å². The van der Waals surface area contributed by atoms with E-state index in [0.717, 1.165) is 10.7 Å². The number of allylic oxidation sites excluding steroid dienone is 2. The highest BCUT2D eigenvalue weighted by molar-refractivity contribution is 8.03. The number of fused-ring (bicyclic) bond motifs is 1. The molecule has 0 N–H and O–H groups in total. The molecule has 16 heavy (non-hydrogen) atoms. The van der Waals surface area contributed by atoms with E-state index < -0.39 is 5.60 Å². The summed E-state index contributed by atoms with van der Waals surface area (Å²) in [5.41, 5.74) is 0.743. The van der Waals surface area contributed by atoms with Crippen LogP contribution in [0.5, 0.6) is 0 Å². The Bertz CT molecular complexity index is 402. The molecule has 0 spiro atoms. The van der Waals surface area contributed by atoms with Crippen molar-refractivity contribution in [3.05, 3.63) is 35.0 Å². The zero-order valence-corrected chi connectivity index (χ0v) is 10.5. The molecule has 3 nitrogen and oxygen atoms in total. The topological polar surface area (TPSA) is 29.5 Å². The van der Waals surface area contributed by atoms with Crippen LogP contribution in [0.25, 0.3) is 0 Å². The fraction of sp³-hybridized carbons (Fsp3) is 0.417. The molecule has 86 valence electrons. The number of nitrogens with zero attached hydrogens (tertiary/aromatic N) is 1. The average Bonchev–Trinajstić information content (AvgIpc) is 2.61. The molecule has 0 aromatic carbocycles. The number of ether oxygens (including phenoxy) is 1. The fourth-order valence-corrected chi connectivity index (χ4v) is 2.37. The van der Waals surface area contributed by atoms with E-state index in [0.29, 0.717) is 0 Å². The molecule has 2 heterocycles.